The predicted molar refractivity (Wildman–Crippen MR) is 102 cm³/mol. The van der Waals surface area contributed by atoms with Crippen LogP contribution < -0.4 is 0 Å². The molecule has 0 aromatic rings. The second kappa shape index (κ2) is 18.8. The van der Waals surface area contributed by atoms with E-state index in [2.05, 4.69) is 0 Å². The number of carboxylic acids is 1. The van der Waals surface area contributed by atoms with Crippen molar-refractivity contribution in [1.82, 2.24) is 0 Å². The Morgan fingerprint density at radius 1 is 0.625 bits per heavy atom. The molecule has 0 aromatic heterocycles. The highest BCUT2D eigenvalue weighted by atomic mass is 16.4. The lowest BCUT2D eigenvalue weighted by Crippen LogP contribution is -1.98. The summed E-state index contributed by atoms with van der Waals surface area (Å²) in [4.78, 5) is 10.4. The number of unbranched alkanes of at least 4 members (excludes halogenated alkanes) is 15. The fraction of sp³-hybridized carbons (Fsp3) is 0.952. The summed E-state index contributed by atoms with van der Waals surface area (Å²) in [6.07, 6.45) is 21.7. The van der Waals surface area contributed by atoms with Crippen LogP contribution in [0.4, 0.5) is 0 Å². The van der Waals surface area contributed by atoms with Crippen molar-refractivity contribution in [3.63, 3.8) is 0 Å². The molecule has 0 radical (unpaired) electrons. The van der Waals surface area contributed by atoms with Gasteiger partial charge >= 0.3 is 5.97 Å². The maximum absolute atomic E-state index is 10.4. The van der Waals surface area contributed by atoms with Crippen molar-refractivity contribution in [3.8, 4) is 0 Å². The summed E-state index contributed by atoms with van der Waals surface area (Å²) in [6.45, 7) is 1.88. The summed E-state index contributed by atoms with van der Waals surface area (Å²) in [7, 11) is 0. The van der Waals surface area contributed by atoms with Crippen molar-refractivity contribution >= 4 is 5.97 Å². The smallest absolute Gasteiger partial charge is 0.303 e. The van der Waals surface area contributed by atoms with E-state index >= 15 is 0 Å². The maximum atomic E-state index is 10.4. The standard InChI is InChI=1S/C21H42O3/c1-20(22)18-16-14-12-10-8-6-4-2-3-5-7-9-11-13-15-17-19-21(23)24/h20,22H,2-19H2,1H3,(H,23,24)/t20-/m1/s1. The lowest BCUT2D eigenvalue weighted by Gasteiger charge is -2.04. The van der Waals surface area contributed by atoms with Gasteiger partial charge in [0.25, 0.3) is 0 Å². The van der Waals surface area contributed by atoms with Gasteiger partial charge in [0.2, 0.25) is 0 Å². The Morgan fingerprint density at radius 3 is 1.21 bits per heavy atom. The van der Waals surface area contributed by atoms with Crippen LogP contribution in [-0.4, -0.2) is 22.3 Å². The van der Waals surface area contributed by atoms with Gasteiger partial charge in [0.05, 0.1) is 6.10 Å². The van der Waals surface area contributed by atoms with Crippen molar-refractivity contribution in [1.29, 1.82) is 0 Å². The van der Waals surface area contributed by atoms with Gasteiger partial charge in [-0.2, -0.15) is 0 Å². The molecule has 0 aliphatic heterocycles. The van der Waals surface area contributed by atoms with E-state index in [1.165, 1.54) is 89.9 Å². The molecule has 2 N–H and O–H groups in total. The Bertz CT molecular complexity index is 264. The van der Waals surface area contributed by atoms with Gasteiger partial charge in [-0.15, -0.1) is 0 Å². The monoisotopic (exact) mass is 342 g/mol. The van der Waals surface area contributed by atoms with E-state index in [1.807, 2.05) is 6.92 Å². The molecule has 144 valence electrons. The summed E-state index contributed by atoms with van der Waals surface area (Å²) in [5, 5.41) is 17.7. The minimum atomic E-state index is -0.661. The number of aliphatic carboxylic acids is 1. The molecule has 3 heteroatoms. The Kier molecular flexibility index (Phi) is 18.3. The number of carboxylic acid groups (broad SMARTS) is 1. The molecule has 0 unspecified atom stereocenters. The molecule has 1 atom stereocenters. The van der Waals surface area contributed by atoms with Crippen LogP contribution in [0.1, 0.15) is 122 Å². The molecular weight excluding hydrogens is 300 g/mol. The summed E-state index contributed by atoms with van der Waals surface area (Å²) in [5.41, 5.74) is 0. The van der Waals surface area contributed by atoms with E-state index in [4.69, 9.17) is 5.11 Å². The third-order valence-corrected chi connectivity index (χ3v) is 4.76. The third-order valence-electron chi connectivity index (χ3n) is 4.76. The van der Waals surface area contributed by atoms with Gasteiger partial charge in [0.1, 0.15) is 0 Å². The van der Waals surface area contributed by atoms with Crippen molar-refractivity contribution in [2.24, 2.45) is 0 Å². The van der Waals surface area contributed by atoms with Crippen LogP contribution in [0.3, 0.4) is 0 Å². The zero-order valence-electron chi connectivity index (χ0n) is 16.1. The highest BCUT2D eigenvalue weighted by Gasteiger charge is 1.98. The largest absolute Gasteiger partial charge is 0.481 e. The summed E-state index contributed by atoms with van der Waals surface area (Å²) < 4.78 is 0. The number of carbonyl (C=O) groups is 1. The summed E-state index contributed by atoms with van der Waals surface area (Å²) >= 11 is 0. The van der Waals surface area contributed by atoms with Gasteiger partial charge in [-0.3, -0.25) is 4.79 Å². The second-order valence-electron chi connectivity index (χ2n) is 7.44. The van der Waals surface area contributed by atoms with Crippen molar-refractivity contribution in [2.45, 2.75) is 129 Å². The molecule has 0 aromatic carbocycles. The average molecular weight is 343 g/mol. The van der Waals surface area contributed by atoms with Gasteiger partial charge in [-0.1, -0.05) is 96.3 Å². The van der Waals surface area contributed by atoms with Gasteiger partial charge in [-0.25, -0.2) is 0 Å². The molecule has 3 nitrogen and oxygen atoms in total. The summed E-state index contributed by atoms with van der Waals surface area (Å²) in [5.74, 6) is -0.661. The molecule has 0 bridgehead atoms. The Morgan fingerprint density at radius 2 is 0.917 bits per heavy atom. The van der Waals surface area contributed by atoms with Gasteiger partial charge in [0, 0.05) is 6.42 Å². The maximum Gasteiger partial charge on any atom is 0.303 e. The van der Waals surface area contributed by atoms with E-state index in [0.29, 0.717) is 6.42 Å². The number of rotatable bonds is 19. The number of hydrogen-bond acceptors (Lipinski definition) is 2. The van der Waals surface area contributed by atoms with Crippen LogP contribution in [0.25, 0.3) is 0 Å². The molecule has 0 aliphatic rings. The molecule has 0 rings (SSSR count). The highest BCUT2D eigenvalue weighted by molar-refractivity contribution is 5.66. The lowest BCUT2D eigenvalue weighted by molar-refractivity contribution is -0.137. The highest BCUT2D eigenvalue weighted by Crippen LogP contribution is 2.14. The molecule has 0 heterocycles. The van der Waals surface area contributed by atoms with Crippen LogP contribution in [-0.2, 0) is 4.79 Å². The molecular formula is C21H42O3. The van der Waals surface area contributed by atoms with Gasteiger partial charge < -0.3 is 10.2 Å². The molecule has 0 spiro atoms. The van der Waals surface area contributed by atoms with Crippen LogP contribution in [0.15, 0.2) is 0 Å². The second-order valence-corrected chi connectivity index (χ2v) is 7.44. The first-order chi connectivity index (χ1) is 11.6. The van der Waals surface area contributed by atoms with Crippen molar-refractivity contribution in [3.05, 3.63) is 0 Å². The SMILES string of the molecule is C[C@@H](O)CCCCCCCCCCCCCCCCCCC(=O)O. The third kappa shape index (κ3) is 21.4. The lowest BCUT2D eigenvalue weighted by atomic mass is 10.0. The quantitative estimate of drug-likeness (QED) is 0.264. The van der Waals surface area contributed by atoms with Crippen molar-refractivity contribution < 1.29 is 15.0 Å². The number of hydrogen-bond donors (Lipinski definition) is 2. The minimum absolute atomic E-state index is 0.123. The zero-order valence-corrected chi connectivity index (χ0v) is 16.1. The van der Waals surface area contributed by atoms with E-state index < -0.39 is 5.97 Å². The molecule has 0 aliphatic carbocycles. The number of aliphatic hydroxyl groups is 1. The first-order valence-electron chi connectivity index (χ1n) is 10.5. The molecule has 0 amide bonds. The Hall–Kier alpha value is -0.570. The van der Waals surface area contributed by atoms with Crippen LogP contribution >= 0.6 is 0 Å². The zero-order chi connectivity index (χ0) is 17.9. The first kappa shape index (κ1) is 23.4. The van der Waals surface area contributed by atoms with Gasteiger partial charge in [-0.05, 0) is 19.8 Å². The van der Waals surface area contributed by atoms with Crippen LogP contribution in [0.2, 0.25) is 0 Å². The molecule has 24 heavy (non-hydrogen) atoms. The predicted octanol–water partition coefficient (Wildman–Crippen LogP) is 6.47. The minimum Gasteiger partial charge on any atom is -0.481 e. The van der Waals surface area contributed by atoms with E-state index in [0.717, 1.165) is 19.3 Å². The van der Waals surface area contributed by atoms with E-state index in [9.17, 15) is 9.90 Å². The topological polar surface area (TPSA) is 57.5 Å². The Labute approximate surface area is 150 Å². The normalized spacial score (nSPS) is 12.4. The summed E-state index contributed by atoms with van der Waals surface area (Å²) in [6, 6.07) is 0. The molecule has 0 saturated heterocycles. The first-order valence-corrected chi connectivity index (χ1v) is 10.5. The number of aliphatic hydroxyl groups excluding tert-OH is 1. The average Bonchev–Trinajstić information content (AvgIpc) is 2.53. The van der Waals surface area contributed by atoms with Crippen molar-refractivity contribution in [2.75, 3.05) is 0 Å². The fourth-order valence-corrected chi connectivity index (χ4v) is 3.19. The van der Waals surface area contributed by atoms with Crippen LogP contribution in [0.5, 0.6) is 0 Å². The van der Waals surface area contributed by atoms with Gasteiger partial charge in [0.15, 0.2) is 0 Å². The van der Waals surface area contributed by atoms with E-state index in [-0.39, 0.29) is 6.10 Å². The fourth-order valence-electron chi connectivity index (χ4n) is 3.19. The Balaban J connectivity index is 2.99. The molecule has 0 saturated carbocycles. The van der Waals surface area contributed by atoms with Crippen LogP contribution in [0, 0.1) is 0 Å². The molecule has 0 fully saturated rings. The van der Waals surface area contributed by atoms with E-state index in [1.54, 1.807) is 0 Å².